The number of carbonyl (C=O) groups excluding carboxylic acids is 1. The highest BCUT2D eigenvalue weighted by Crippen LogP contribution is 2.36. The SMILES string of the molecule is COc1ccc(C2=CCCC[C@@H]2OC(=O)C(C)(C)C)cc1OC. The van der Waals surface area contributed by atoms with E-state index in [9.17, 15) is 4.79 Å². The summed E-state index contributed by atoms with van der Waals surface area (Å²) < 4.78 is 16.4. The molecule has 0 unspecified atom stereocenters. The summed E-state index contributed by atoms with van der Waals surface area (Å²) in [5.41, 5.74) is 1.56. The Hall–Kier alpha value is -1.97. The fourth-order valence-electron chi connectivity index (χ4n) is 2.60. The number of carbonyl (C=O) groups is 1. The minimum absolute atomic E-state index is 0.171. The predicted octanol–water partition coefficient (Wildman–Crippen LogP) is 4.23. The molecule has 0 spiro atoms. The summed E-state index contributed by atoms with van der Waals surface area (Å²) in [5, 5.41) is 0. The zero-order valence-corrected chi connectivity index (χ0v) is 14.6. The standard InChI is InChI=1S/C19H26O4/c1-19(2,3)18(20)23-15-9-7-6-8-14(15)13-10-11-16(21-4)17(12-13)22-5/h8,10-12,15H,6-7,9H2,1-5H3/t15-/m0/s1. The van der Waals surface area contributed by atoms with Crippen molar-refractivity contribution in [2.24, 2.45) is 5.41 Å². The van der Waals surface area contributed by atoms with Crippen LogP contribution in [0.25, 0.3) is 5.57 Å². The van der Waals surface area contributed by atoms with Gasteiger partial charge in [0, 0.05) is 0 Å². The van der Waals surface area contributed by atoms with Gasteiger partial charge in [-0.25, -0.2) is 0 Å². The van der Waals surface area contributed by atoms with Gasteiger partial charge in [0.2, 0.25) is 0 Å². The summed E-state index contributed by atoms with van der Waals surface area (Å²) in [5.74, 6) is 1.20. The number of benzene rings is 1. The third-order valence-electron chi connectivity index (χ3n) is 3.96. The molecule has 1 aliphatic rings. The molecule has 1 aromatic carbocycles. The first kappa shape index (κ1) is 17.4. The second-order valence-electron chi connectivity index (χ2n) is 6.80. The molecule has 23 heavy (non-hydrogen) atoms. The van der Waals surface area contributed by atoms with Gasteiger partial charge in [-0.2, -0.15) is 0 Å². The van der Waals surface area contributed by atoms with E-state index < -0.39 is 5.41 Å². The minimum Gasteiger partial charge on any atom is -0.493 e. The fraction of sp³-hybridized carbons (Fsp3) is 0.526. The van der Waals surface area contributed by atoms with Crippen molar-refractivity contribution in [1.29, 1.82) is 0 Å². The smallest absolute Gasteiger partial charge is 0.311 e. The molecule has 0 radical (unpaired) electrons. The molecule has 1 aliphatic carbocycles. The van der Waals surface area contributed by atoms with Crippen LogP contribution in [-0.2, 0) is 9.53 Å². The number of rotatable bonds is 4. The molecule has 0 bridgehead atoms. The van der Waals surface area contributed by atoms with Crippen LogP contribution in [0.5, 0.6) is 11.5 Å². The maximum atomic E-state index is 12.2. The van der Waals surface area contributed by atoms with Gasteiger partial charge in [-0.15, -0.1) is 0 Å². The van der Waals surface area contributed by atoms with Crippen molar-refractivity contribution in [2.75, 3.05) is 14.2 Å². The van der Waals surface area contributed by atoms with E-state index in [1.54, 1.807) is 14.2 Å². The van der Waals surface area contributed by atoms with Crippen LogP contribution in [0.1, 0.15) is 45.6 Å². The van der Waals surface area contributed by atoms with E-state index in [-0.39, 0.29) is 12.1 Å². The number of methoxy groups -OCH3 is 2. The van der Waals surface area contributed by atoms with Gasteiger partial charge in [0.1, 0.15) is 6.10 Å². The van der Waals surface area contributed by atoms with E-state index in [1.807, 2.05) is 39.0 Å². The van der Waals surface area contributed by atoms with Crippen LogP contribution < -0.4 is 9.47 Å². The van der Waals surface area contributed by atoms with E-state index in [1.165, 1.54) is 0 Å². The van der Waals surface area contributed by atoms with Gasteiger partial charge < -0.3 is 14.2 Å². The van der Waals surface area contributed by atoms with E-state index in [2.05, 4.69) is 6.08 Å². The highest BCUT2D eigenvalue weighted by atomic mass is 16.5. The Bertz CT molecular complexity index is 596. The second-order valence-corrected chi connectivity index (χ2v) is 6.80. The van der Waals surface area contributed by atoms with Crippen LogP contribution >= 0.6 is 0 Å². The first-order chi connectivity index (χ1) is 10.9. The molecule has 0 fully saturated rings. The average molecular weight is 318 g/mol. The maximum absolute atomic E-state index is 12.2. The number of esters is 1. The second kappa shape index (κ2) is 7.07. The van der Waals surface area contributed by atoms with Crippen LogP contribution in [0.2, 0.25) is 0 Å². The number of hydrogen-bond donors (Lipinski definition) is 0. The van der Waals surface area contributed by atoms with Gasteiger partial charge in [-0.05, 0) is 63.3 Å². The van der Waals surface area contributed by atoms with Crippen molar-refractivity contribution in [2.45, 2.75) is 46.1 Å². The van der Waals surface area contributed by atoms with Gasteiger partial charge in [-0.1, -0.05) is 12.1 Å². The zero-order valence-electron chi connectivity index (χ0n) is 14.6. The lowest BCUT2D eigenvalue weighted by Gasteiger charge is -2.28. The molecule has 0 saturated heterocycles. The Morgan fingerprint density at radius 3 is 2.43 bits per heavy atom. The molecular weight excluding hydrogens is 292 g/mol. The Labute approximate surface area is 138 Å². The van der Waals surface area contributed by atoms with E-state index >= 15 is 0 Å². The molecule has 0 amide bonds. The van der Waals surface area contributed by atoms with Gasteiger partial charge in [-0.3, -0.25) is 4.79 Å². The summed E-state index contributed by atoms with van der Waals surface area (Å²) >= 11 is 0. The molecule has 0 heterocycles. The fourth-order valence-corrected chi connectivity index (χ4v) is 2.60. The number of hydrogen-bond acceptors (Lipinski definition) is 4. The predicted molar refractivity (Wildman–Crippen MR) is 90.7 cm³/mol. The lowest BCUT2D eigenvalue weighted by molar-refractivity contribution is -0.156. The van der Waals surface area contributed by atoms with Crippen LogP contribution in [-0.4, -0.2) is 26.3 Å². The minimum atomic E-state index is -0.500. The monoisotopic (exact) mass is 318 g/mol. The molecule has 126 valence electrons. The summed E-state index contributed by atoms with van der Waals surface area (Å²) in [4.78, 5) is 12.2. The highest BCUT2D eigenvalue weighted by Gasteiger charge is 2.29. The van der Waals surface area contributed by atoms with Gasteiger partial charge >= 0.3 is 5.97 Å². The third kappa shape index (κ3) is 4.06. The van der Waals surface area contributed by atoms with E-state index in [0.29, 0.717) is 11.5 Å². The van der Waals surface area contributed by atoms with Crippen molar-refractivity contribution in [3.8, 4) is 11.5 Å². The average Bonchev–Trinajstić information content (AvgIpc) is 2.53. The van der Waals surface area contributed by atoms with Crippen LogP contribution in [0.3, 0.4) is 0 Å². The normalized spacial score (nSPS) is 18.1. The summed E-state index contributed by atoms with van der Waals surface area (Å²) in [6, 6.07) is 5.80. The quantitative estimate of drug-likeness (QED) is 0.779. The zero-order chi connectivity index (χ0) is 17.0. The Morgan fingerprint density at radius 1 is 1.13 bits per heavy atom. The molecule has 1 atom stereocenters. The van der Waals surface area contributed by atoms with Crippen molar-refractivity contribution in [3.05, 3.63) is 29.8 Å². The molecule has 2 rings (SSSR count). The molecule has 1 aromatic rings. The van der Waals surface area contributed by atoms with Crippen molar-refractivity contribution < 1.29 is 19.0 Å². The topological polar surface area (TPSA) is 44.8 Å². The first-order valence-corrected chi connectivity index (χ1v) is 8.00. The Balaban J connectivity index is 2.28. The summed E-state index contributed by atoms with van der Waals surface area (Å²) in [7, 11) is 3.24. The summed E-state index contributed by atoms with van der Waals surface area (Å²) in [6.07, 6.45) is 4.83. The number of allylic oxidation sites excluding steroid dienone is 1. The first-order valence-electron chi connectivity index (χ1n) is 8.00. The lowest BCUT2D eigenvalue weighted by Crippen LogP contribution is -2.30. The van der Waals surface area contributed by atoms with Crippen molar-refractivity contribution in [3.63, 3.8) is 0 Å². The molecule has 0 aliphatic heterocycles. The lowest BCUT2D eigenvalue weighted by atomic mass is 9.90. The van der Waals surface area contributed by atoms with E-state index in [0.717, 1.165) is 30.4 Å². The highest BCUT2D eigenvalue weighted by molar-refractivity contribution is 5.79. The van der Waals surface area contributed by atoms with Crippen LogP contribution in [0.4, 0.5) is 0 Å². The molecule has 4 nitrogen and oxygen atoms in total. The largest absolute Gasteiger partial charge is 0.493 e. The molecule has 0 saturated carbocycles. The van der Waals surface area contributed by atoms with Crippen molar-refractivity contribution in [1.82, 2.24) is 0 Å². The molecular formula is C19H26O4. The Kier molecular flexibility index (Phi) is 5.34. The third-order valence-corrected chi connectivity index (χ3v) is 3.96. The van der Waals surface area contributed by atoms with Crippen LogP contribution in [0, 0.1) is 5.41 Å². The molecule has 0 N–H and O–H groups in total. The van der Waals surface area contributed by atoms with Gasteiger partial charge in [0.25, 0.3) is 0 Å². The van der Waals surface area contributed by atoms with Crippen molar-refractivity contribution >= 4 is 11.5 Å². The Morgan fingerprint density at radius 2 is 1.83 bits per heavy atom. The van der Waals surface area contributed by atoms with Gasteiger partial charge in [0.15, 0.2) is 11.5 Å². The number of ether oxygens (including phenoxy) is 3. The van der Waals surface area contributed by atoms with Gasteiger partial charge in [0.05, 0.1) is 19.6 Å². The molecule has 4 heteroatoms. The van der Waals surface area contributed by atoms with Crippen LogP contribution in [0.15, 0.2) is 24.3 Å². The van der Waals surface area contributed by atoms with E-state index in [4.69, 9.17) is 14.2 Å². The summed E-state index contributed by atoms with van der Waals surface area (Å²) in [6.45, 7) is 5.62. The molecule has 0 aromatic heterocycles. The maximum Gasteiger partial charge on any atom is 0.311 e.